The zero-order valence-electron chi connectivity index (χ0n) is 8.51. The van der Waals surface area contributed by atoms with E-state index in [2.05, 4.69) is 0 Å². The van der Waals surface area contributed by atoms with Gasteiger partial charge < -0.3 is 10.8 Å². The van der Waals surface area contributed by atoms with Crippen LogP contribution in [0.4, 0.5) is 5.69 Å². The second-order valence-electron chi connectivity index (χ2n) is 3.40. The Morgan fingerprint density at radius 3 is 2.73 bits per heavy atom. The molecule has 1 aromatic carbocycles. The Kier molecular flexibility index (Phi) is 3.76. The normalized spacial score (nSPS) is 12.5. The number of aliphatic hydroxyl groups is 1. The lowest BCUT2D eigenvalue weighted by Gasteiger charge is -2.10. The molecule has 0 fully saturated rings. The second-order valence-corrected chi connectivity index (χ2v) is 3.40. The van der Waals surface area contributed by atoms with Gasteiger partial charge in [-0.1, -0.05) is 0 Å². The first-order chi connectivity index (χ1) is 7.06. The first kappa shape index (κ1) is 11.6. The van der Waals surface area contributed by atoms with E-state index in [0.29, 0.717) is 24.1 Å². The molecule has 0 aliphatic carbocycles. The van der Waals surface area contributed by atoms with Gasteiger partial charge in [0.05, 0.1) is 11.0 Å². The van der Waals surface area contributed by atoms with Crippen LogP contribution in [0, 0.1) is 17.0 Å². The van der Waals surface area contributed by atoms with E-state index in [-0.39, 0.29) is 5.69 Å². The molecule has 1 rings (SSSR count). The number of nitro benzene ring substituents is 1. The summed E-state index contributed by atoms with van der Waals surface area (Å²) in [5.74, 6) is 0. The third-order valence-corrected chi connectivity index (χ3v) is 2.24. The van der Waals surface area contributed by atoms with E-state index in [4.69, 9.17) is 5.73 Å². The molecule has 0 saturated heterocycles. The van der Waals surface area contributed by atoms with Crippen LogP contribution in [0.2, 0.25) is 0 Å². The van der Waals surface area contributed by atoms with Gasteiger partial charge in [0.1, 0.15) is 0 Å². The van der Waals surface area contributed by atoms with Crippen LogP contribution >= 0.6 is 0 Å². The van der Waals surface area contributed by atoms with E-state index in [1.807, 2.05) is 0 Å². The lowest BCUT2D eigenvalue weighted by molar-refractivity contribution is -0.385. The van der Waals surface area contributed by atoms with E-state index in [9.17, 15) is 15.2 Å². The molecule has 0 aliphatic heterocycles. The van der Waals surface area contributed by atoms with Gasteiger partial charge >= 0.3 is 0 Å². The van der Waals surface area contributed by atoms with E-state index >= 15 is 0 Å². The zero-order chi connectivity index (χ0) is 11.4. The topological polar surface area (TPSA) is 89.4 Å². The maximum absolute atomic E-state index is 10.6. The summed E-state index contributed by atoms with van der Waals surface area (Å²) in [6.45, 7) is 2.04. The Morgan fingerprint density at radius 2 is 2.27 bits per heavy atom. The molecule has 3 N–H and O–H groups in total. The largest absolute Gasteiger partial charge is 0.388 e. The van der Waals surface area contributed by atoms with Crippen LogP contribution in [-0.2, 0) is 0 Å². The molecular formula is C10H14N2O3. The smallest absolute Gasteiger partial charge is 0.272 e. The summed E-state index contributed by atoms with van der Waals surface area (Å²) < 4.78 is 0. The van der Waals surface area contributed by atoms with Crippen molar-refractivity contribution in [1.29, 1.82) is 0 Å². The molecule has 0 amide bonds. The van der Waals surface area contributed by atoms with E-state index in [1.54, 1.807) is 19.1 Å². The molecule has 0 bridgehead atoms. The number of aliphatic hydroxyl groups excluding tert-OH is 1. The predicted octanol–water partition coefficient (Wildman–Crippen LogP) is 1.29. The summed E-state index contributed by atoms with van der Waals surface area (Å²) in [4.78, 5) is 10.1. The van der Waals surface area contributed by atoms with Crippen LogP contribution in [-0.4, -0.2) is 16.6 Å². The summed E-state index contributed by atoms with van der Waals surface area (Å²) in [6.07, 6.45) is -0.188. The average Bonchev–Trinajstić information content (AvgIpc) is 2.17. The van der Waals surface area contributed by atoms with Gasteiger partial charge in [0.2, 0.25) is 0 Å². The molecule has 1 aromatic rings. The van der Waals surface area contributed by atoms with Crippen LogP contribution in [0.15, 0.2) is 18.2 Å². The molecular weight excluding hydrogens is 196 g/mol. The van der Waals surface area contributed by atoms with Crippen molar-refractivity contribution in [3.8, 4) is 0 Å². The maximum atomic E-state index is 10.6. The highest BCUT2D eigenvalue weighted by Crippen LogP contribution is 2.23. The Hall–Kier alpha value is -1.46. The first-order valence-corrected chi connectivity index (χ1v) is 4.69. The lowest BCUT2D eigenvalue weighted by Crippen LogP contribution is -2.07. The van der Waals surface area contributed by atoms with E-state index < -0.39 is 11.0 Å². The van der Waals surface area contributed by atoms with Crippen molar-refractivity contribution in [2.45, 2.75) is 19.4 Å². The Balaban J connectivity index is 2.96. The lowest BCUT2D eigenvalue weighted by atomic mass is 10.0. The quantitative estimate of drug-likeness (QED) is 0.578. The summed E-state index contributed by atoms with van der Waals surface area (Å²) >= 11 is 0. The molecule has 0 aromatic heterocycles. The van der Waals surface area contributed by atoms with Crippen LogP contribution in [0.25, 0.3) is 0 Å². The van der Waals surface area contributed by atoms with Crippen LogP contribution in [0.5, 0.6) is 0 Å². The molecule has 5 nitrogen and oxygen atoms in total. The van der Waals surface area contributed by atoms with Crippen molar-refractivity contribution < 1.29 is 10.0 Å². The summed E-state index contributed by atoms with van der Waals surface area (Å²) in [5.41, 5.74) is 6.60. The molecule has 0 spiro atoms. The van der Waals surface area contributed by atoms with Gasteiger partial charge in [-0.05, 0) is 37.6 Å². The summed E-state index contributed by atoms with van der Waals surface area (Å²) in [5, 5.41) is 20.2. The molecule has 1 unspecified atom stereocenters. The van der Waals surface area contributed by atoms with Crippen molar-refractivity contribution in [3.05, 3.63) is 39.4 Å². The van der Waals surface area contributed by atoms with Crippen molar-refractivity contribution >= 4 is 5.69 Å². The number of nitro groups is 1. The molecule has 0 aliphatic rings. The first-order valence-electron chi connectivity index (χ1n) is 4.69. The number of hydrogen-bond donors (Lipinski definition) is 2. The van der Waals surface area contributed by atoms with Crippen molar-refractivity contribution in [3.63, 3.8) is 0 Å². The van der Waals surface area contributed by atoms with Gasteiger partial charge in [-0.2, -0.15) is 0 Å². The Morgan fingerprint density at radius 1 is 1.60 bits per heavy atom. The number of rotatable bonds is 4. The van der Waals surface area contributed by atoms with Crippen molar-refractivity contribution in [1.82, 2.24) is 0 Å². The zero-order valence-corrected chi connectivity index (χ0v) is 8.51. The molecule has 5 heteroatoms. The Bertz CT molecular complexity index is 366. The molecule has 0 radical (unpaired) electrons. The highest BCUT2D eigenvalue weighted by Gasteiger charge is 2.13. The average molecular weight is 210 g/mol. The number of nitrogens with zero attached hydrogens (tertiary/aromatic N) is 1. The second kappa shape index (κ2) is 4.86. The van der Waals surface area contributed by atoms with Crippen LogP contribution < -0.4 is 5.73 Å². The number of hydrogen-bond acceptors (Lipinski definition) is 4. The standard InChI is InChI=1S/C10H14N2O3/c1-7-6-8(10(13)4-5-11)2-3-9(7)12(14)15/h2-3,6,10,13H,4-5,11H2,1H3. The minimum absolute atomic E-state index is 0.0682. The van der Waals surface area contributed by atoms with Gasteiger partial charge in [0.25, 0.3) is 5.69 Å². The number of nitrogens with two attached hydrogens (primary N) is 1. The van der Waals surface area contributed by atoms with Gasteiger partial charge in [0.15, 0.2) is 0 Å². The van der Waals surface area contributed by atoms with Crippen LogP contribution in [0.3, 0.4) is 0 Å². The molecule has 82 valence electrons. The molecule has 0 saturated carbocycles. The van der Waals surface area contributed by atoms with Crippen molar-refractivity contribution in [2.75, 3.05) is 6.54 Å². The maximum Gasteiger partial charge on any atom is 0.272 e. The van der Waals surface area contributed by atoms with Crippen LogP contribution in [0.1, 0.15) is 23.7 Å². The fraction of sp³-hybridized carbons (Fsp3) is 0.400. The van der Waals surface area contributed by atoms with E-state index in [1.165, 1.54) is 6.07 Å². The Labute approximate surface area is 87.7 Å². The minimum atomic E-state index is -0.644. The van der Waals surface area contributed by atoms with Gasteiger partial charge in [-0.25, -0.2) is 0 Å². The number of aryl methyl sites for hydroxylation is 1. The third-order valence-electron chi connectivity index (χ3n) is 2.24. The minimum Gasteiger partial charge on any atom is -0.388 e. The predicted molar refractivity (Wildman–Crippen MR) is 56.5 cm³/mol. The third kappa shape index (κ3) is 2.74. The van der Waals surface area contributed by atoms with Crippen molar-refractivity contribution in [2.24, 2.45) is 5.73 Å². The van der Waals surface area contributed by atoms with Gasteiger partial charge in [-0.3, -0.25) is 10.1 Å². The number of benzene rings is 1. The molecule has 0 heterocycles. The molecule has 15 heavy (non-hydrogen) atoms. The van der Waals surface area contributed by atoms with Gasteiger partial charge in [-0.15, -0.1) is 0 Å². The fourth-order valence-electron chi connectivity index (χ4n) is 1.42. The van der Waals surface area contributed by atoms with E-state index in [0.717, 1.165) is 0 Å². The fourth-order valence-corrected chi connectivity index (χ4v) is 1.42. The van der Waals surface area contributed by atoms with Gasteiger partial charge in [0, 0.05) is 11.6 Å². The SMILES string of the molecule is Cc1cc(C(O)CCN)ccc1[N+](=O)[O-]. The summed E-state index contributed by atoms with van der Waals surface area (Å²) in [7, 11) is 0. The summed E-state index contributed by atoms with van der Waals surface area (Å²) in [6, 6.07) is 4.59. The highest BCUT2D eigenvalue weighted by molar-refractivity contribution is 5.42. The molecule has 1 atom stereocenters. The highest BCUT2D eigenvalue weighted by atomic mass is 16.6. The monoisotopic (exact) mass is 210 g/mol.